The Labute approximate surface area is 133 Å². The molecule has 120 valence electrons. The van der Waals surface area contributed by atoms with Crippen molar-refractivity contribution in [3.05, 3.63) is 36.5 Å². The maximum atomic E-state index is 12.4. The minimum absolute atomic E-state index is 0.238. The molecule has 0 saturated carbocycles. The highest BCUT2D eigenvalue weighted by atomic mass is 16.4. The molecule has 2 heterocycles. The van der Waals surface area contributed by atoms with E-state index < -0.39 is 11.9 Å². The van der Waals surface area contributed by atoms with Gasteiger partial charge in [0.05, 0.1) is 11.6 Å². The van der Waals surface area contributed by atoms with Crippen molar-refractivity contribution in [1.82, 2.24) is 14.7 Å². The molecule has 0 spiro atoms. The number of carbonyl (C=O) groups excluding carboxylic acids is 1. The molecule has 1 fully saturated rings. The first kappa shape index (κ1) is 15.1. The topological polar surface area (TPSA) is 87.5 Å². The van der Waals surface area contributed by atoms with Crippen molar-refractivity contribution < 1.29 is 14.7 Å². The summed E-state index contributed by atoms with van der Waals surface area (Å²) in [6.07, 6.45) is 2.23. The molecule has 3 rings (SSSR count). The highest BCUT2D eigenvalue weighted by Gasteiger charge is 2.31. The molecule has 1 saturated heterocycles. The number of carboxylic acids is 1. The zero-order valence-corrected chi connectivity index (χ0v) is 12.8. The van der Waals surface area contributed by atoms with Gasteiger partial charge in [0, 0.05) is 31.9 Å². The number of urea groups is 1. The molecule has 1 aliphatic heterocycles. The van der Waals surface area contributed by atoms with Crippen LogP contribution in [0.4, 0.5) is 10.5 Å². The Morgan fingerprint density at radius 3 is 2.70 bits per heavy atom. The molecule has 7 heteroatoms. The Hall–Kier alpha value is -2.83. The molecular weight excluding hydrogens is 296 g/mol. The number of amides is 2. The van der Waals surface area contributed by atoms with Crippen LogP contribution >= 0.6 is 0 Å². The molecule has 23 heavy (non-hydrogen) atoms. The highest BCUT2D eigenvalue weighted by Crippen LogP contribution is 2.27. The molecule has 7 nitrogen and oxygen atoms in total. The van der Waals surface area contributed by atoms with Crippen LogP contribution in [0, 0.1) is 5.92 Å². The second-order valence-electron chi connectivity index (χ2n) is 5.63. The van der Waals surface area contributed by atoms with Crippen molar-refractivity contribution in [2.24, 2.45) is 13.0 Å². The van der Waals surface area contributed by atoms with E-state index in [1.807, 2.05) is 30.3 Å². The van der Waals surface area contributed by atoms with Gasteiger partial charge in [-0.2, -0.15) is 5.10 Å². The van der Waals surface area contributed by atoms with E-state index in [0.29, 0.717) is 24.3 Å². The number of aryl methyl sites for hydroxylation is 1. The standard InChI is InChI=1S/C16H18N4O3/c1-19-10-13(14(18-19)11-5-3-2-4-6-11)17-16(23)20-8-7-12(9-20)15(21)22/h2-6,10,12H,7-9H2,1H3,(H,17,23)(H,21,22). The predicted octanol–water partition coefficient (Wildman–Crippen LogP) is 2.03. The third kappa shape index (κ3) is 3.18. The summed E-state index contributed by atoms with van der Waals surface area (Å²) in [5.41, 5.74) is 2.21. The van der Waals surface area contributed by atoms with E-state index in [2.05, 4.69) is 10.4 Å². The number of carbonyl (C=O) groups is 2. The van der Waals surface area contributed by atoms with Crippen LogP contribution in [0.1, 0.15) is 6.42 Å². The van der Waals surface area contributed by atoms with Crippen LogP contribution in [0.2, 0.25) is 0 Å². The fourth-order valence-electron chi connectivity index (χ4n) is 2.73. The largest absolute Gasteiger partial charge is 0.481 e. The van der Waals surface area contributed by atoms with Gasteiger partial charge < -0.3 is 15.3 Å². The second kappa shape index (κ2) is 6.12. The smallest absolute Gasteiger partial charge is 0.321 e. The molecule has 1 unspecified atom stereocenters. The van der Waals surface area contributed by atoms with Gasteiger partial charge in [-0.05, 0) is 6.42 Å². The lowest BCUT2D eigenvalue weighted by Gasteiger charge is -2.16. The highest BCUT2D eigenvalue weighted by molar-refractivity contribution is 5.93. The maximum absolute atomic E-state index is 12.4. The average Bonchev–Trinajstić information content (AvgIpc) is 3.15. The monoisotopic (exact) mass is 314 g/mol. The fraction of sp³-hybridized carbons (Fsp3) is 0.312. The van der Waals surface area contributed by atoms with Crippen molar-refractivity contribution in [3.8, 4) is 11.3 Å². The first-order valence-corrected chi connectivity index (χ1v) is 7.42. The third-order valence-corrected chi connectivity index (χ3v) is 3.94. The van der Waals surface area contributed by atoms with E-state index in [0.717, 1.165) is 5.56 Å². The average molecular weight is 314 g/mol. The van der Waals surface area contributed by atoms with Crippen molar-refractivity contribution in [2.45, 2.75) is 6.42 Å². The minimum Gasteiger partial charge on any atom is -0.481 e. The molecule has 0 bridgehead atoms. The lowest BCUT2D eigenvalue weighted by molar-refractivity contribution is -0.141. The van der Waals surface area contributed by atoms with E-state index >= 15 is 0 Å². The lowest BCUT2D eigenvalue weighted by atomic mass is 10.1. The Kier molecular flexibility index (Phi) is 4.01. The zero-order chi connectivity index (χ0) is 16.4. The van der Waals surface area contributed by atoms with E-state index in [1.165, 1.54) is 4.90 Å². The summed E-state index contributed by atoms with van der Waals surface area (Å²) in [6, 6.07) is 9.30. The van der Waals surface area contributed by atoms with Crippen LogP contribution in [-0.2, 0) is 11.8 Å². The van der Waals surface area contributed by atoms with Crippen molar-refractivity contribution in [2.75, 3.05) is 18.4 Å². The minimum atomic E-state index is -0.855. The number of hydrogen-bond donors (Lipinski definition) is 2. The van der Waals surface area contributed by atoms with Crippen molar-refractivity contribution in [1.29, 1.82) is 0 Å². The van der Waals surface area contributed by atoms with Gasteiger partial charge in [0.1, 0.15) is 5.69 Å². The number of aliphatic carboxylic acids is 1. The Balaban J connectivity index is 1.76. The van der Waals surface area contributed by atoms with E-state index in [-0.39, 0.29) is 12.6 Å². The van der Waals surface area contributed by atoms with Gasteiger partial charge in [-0.25, -0.2) is 4.79 Å². The fourth-order valence-corrected chi connectivity index (χ4v) is 2.73. The quantitative estimate of drug-likeness (QED) is 0.907. The lowest BCUT2D eigenvalue weighted by Crippen LogP contribution is -2.33. The molecule has 2 N–H and O–H groups in total. The molecule has 2 amide bonds. The number of likely N-dealkylation sites (tertiary alicyclic amines) is 1. The van der Waals surface area contributed by atoms with Crippen LogP contribution in [0.15, 0.2) is 36.5 Å². The van der Waals surface area contributed by atoms with E-state index in [9.17, 15) is 9.59 Å². The molecule has 1 atom stereocenters. The van der Waals surface area contributed by atoms with Gasteiger partial charge in [-0.3, -0.25) is 9.48 Å². The summed E-state index contributed by atoms with van der Waals surface area (Å²) in [7, 11) is 1.79. The number of nitrogens with zero attached hydrogens (tertiary/aromatic N) is 3. The summed E-state index contributed by atoms with van der Waals surface area (Å²) in [4.78, 5) is 24.9. The summed E-state index contributed by atoms with van der Waals surface area (Å²) >= 11 is 0. The molecular formula is C16H18N4O3. The van der Waals surface area contributed by atoms with Gasteiger partial charge in [-0.15, -0.1) is 0 Å². The Morgan fingerprint density at radius 1 is 1.30 bits per heavy atom. The number of benzene rings is 1. The summed E-state index contributed by atoms with van der Waals surface area (Å²) < 4.78 is 1.64. The molecule has 0 aliphatic carbocycles. The van der Waals surface area contributed by atoms with Crippen LogP contribution in [0.3, 0.4) is 0 Å². The Morgan fingerprint density at radius 2 is 2.04 bits per heavy atom. The molecule has 1 aliphatic rings. The maximum Gasteiger partial charge on any atom is 0.321 e. The third-order valence-electron chi connectivity index (χ3n) is 3.94. The molecule has 2 aromatic rings. The first-order valence-electron chi connectivity index (χ1n) is 7.42. The van der Waals surface area contributed by atoms with Gasteiger partial charge in [-0.1, -0.05) is 30.3 Å². The number of hydrogen-bond acceptors (Lipinski definition) is 3. The number of nitrogens with one attached hydrogen (secondary N) is 1. The van der Waals surface area contributed by atoms with Crippen LogP contribution in [0.25, 0.3) is 11.3 Å². The summed E-state index contributed by atoms with van der Waals surface area (Å²) in [6.45, 7) is 0.686. The predicted molar refractivity (Wildman–Crippen MR) is 85.0 cm³/mol. The van der Waals surface area contributed by atoms with Gasteiger partial charge in [0.2, 0.25) is 0 Å². The van der Waals surface area contributed by atoms with Gasteiger partial charge >= 0.3 is 12.0 Å². The number of anilines is 1. The Bertz CT molecular complexity index is 726. The van der Waals surface area contributed by atoms with E-state index in [1.54, 1.807) is 17.9 Å². The molecule has 1 aromatic carbocycles. The molecule has 0 radical (unpaired) electrons. The van der Waals surface area contributed by atoms with Gasteiger partial charge in [0.25, 0.3) is 0 Å². The van der Waals surface area contributed by atoms with Crippen molar-refractivity contribution >= 4 is 17.7 Å². The number of aromatic nitrogens is 2. The van der Waals surface area contributed by atoms with Crippen LogP contribution < -0.4 is 5.32 Å². The first-order chi connectivity index (χ1) is 11.0. The van der Waals surface area contributed by atoms with E-state index in [4.69, 9.17) is 5.11 Å². The number of rotatable bonds is 3. The second-order valence-corrected chi connectivity index (χ2v) is 5.63. The van der Waals surface area contributed by atoms with Gasteiger partial charge in [0.15, 0.2) is 0 Å². The van der Waals surface area contributed by atoms with Crippen molar-refractivity contribution in [3.63, 3.8) is 0 Å². The van der Waals surface area contributed by atoms with Crippen LogP contribution in [0.5, 0.6) is 0 Å². The summed E-state index contributed by atoms with van der Waals surface area (Å²) in [5.74, 6) is -1.34. The SMILES string of the molecule is Cn1cc(NC(=O)N2CCC(C(=O)O)C2)c(-c2ccccc2)n1. The molecule has 1 aromatic heterocycles. The zero-order valence-electron chi connectivity index (χ0n) is 12.8. The van der Waals surface area contributed by atoms with Crippen LogP contribution in [-0.4, -0.2) is 44.9 Å². The summed E-state index contributed by atoms with van der Waals surface area (Å²) in [5, 5.41) is 16.3. The normalized spacial score (nSPS) is 17.3. The number of carboxylic acid groups (broad SMARTS) is 1.